The largest absolute Gasteiger partial charge is 0.347 e. The lowest BCUT2D eigenvalue weighted by atomic mass is 10.1. The van der Waals surface area contributed by atoms with Crippen LogP contribution < -0.4 is 5.32 Å². The number of hydrogen-bond acceptors (Lipinski definition) is 2. The monoisotopic (exact) mass is 279 g/mol. The molecule has 0 aliphatic carbocycles. The van der Waals surface area contributed by atoms with Crippen molar-refractivity contribution in [2.75, 3.05) is 0 Å². The molecule has 3 rings (SSSR count). The molecule has 0 aliphatic rings. The molecule has 0 spiro atoms. The molecular weight excluding hydrogens is 262 g/mol. The van der Waals surface area contributed by atoms with Crippen LogP contribution in [0, 0.1) is 6.92 Å². The number of nitrogens with zero attached hydrogens (tertiary/aromatic N) is 2. The number of amides is 1. The lowest BCUT2D eigenvalue weighted by Crippen LogP contribution is -2.24. The van der Waals surface area contributed by atoms with Gasteiger partial charge in [0, 0.05) is 25.2 Å². The summed E-state index contributed by atoms with van der Waals surface area (Å²) in [5.41, 5.74) is 3.89. The Morgan fingerprint density at radius 3 is 2.90 bits per heavy atom. The second kappa shape index (κ2) is 5.40. The number of rotatable bonds is 3. The van der Waals surface area contributed by atoms with Crippen LogP contribution in [0.2, 0.25) is 0 Å². The third-order valence-corrected chi connectivity index (χ3v) is 3.62. The summed E-state index contributed by atoms with van der Waals surface area (Å²) in [4.78, 5) is 16.4. The summed E-state index contributed by atoms with van der Waals surface area (Å²) in [5.74, 6) is -0.0739. The van der Waals surface area contributed by atoms with Gasteiger partial charge in [0.15, 0.2) is 0 Å². The van der Waals surface area contributed by atoms with E-state index in [1.165, 1.54) is 5.56 Å². The average molecular weight is 279 g/mol. The third-order valence-electron chi connectivity index (χ3n) is 3.62. The van der Waals surface area contributed by atoms with Crippen molar-refractivity contribution in [2.24, 2.45) is 7.05 Å². The molecule has 106 valence electrons. The van der Waals surface area contributed by atoms with E-state index in [1.54, 1.807) is 12.4 Å². The number of aromatic nitrogens is 2. The maximum Gasteiger partial charge on any atom is 0.268 e. The molecule has 1 N–H and O–H groups in total. The van der Waals surface area contributed by atoms with Crippen molar-refractivity contribution in [3.63, 3.8) is 0 Å². The highest BCUT2D eigenvalue weighted by atomic mass is 16.1. The third kappa shape index (κ3) is 2.65. The molecule has 1 amide bonds. The fourth-order valence-electron chi connectivity index (χ4n) is 2.49. The van der Waals surface area contributed by atoms with E-state index in [-0.39, 0.29) is 5.91 Å². The Morgan fingerprint density at radius 2 is 2.14 bits per heavy atom. The Hall–Kier alpha value is -2.62. The molecule has 0 saturated heterocycles. The van der Waals surface area contributed by atoms with Crippen molar-refractivity contribution < 1.29 is 4.79 Å². The molecule has 21 heavy (non-hydrogen) atoms. The fraction of sp³-hybridized carbons (Fsp3) is 0.176. The Kier molecular flexibility index (Phi) is 3.44. The summed E-state index contributed by atoms with van der Waals surface area (Å²) in [6.45, 7) is 2.57. The maximum absolute atomic E-state index is 12.3. The van der Waals surface area contributed by atoms with Crippen LogP contribution in [0.15, 0.2) is 48.8 Å². The molecule has 4 nitrogen and oxygen atoms in total. The van der Waals surface area contributed by atoms with E-state index in [2.05, 4.69) is 16.4 Å². The highest BCUT2D eigenvalue weighted by Gasteiger charge is 2.12. The van der Waals surface area contributed by atoms with Gasteiger partial charge in [-0.15, -0.1) is 0 Å². The standard InChI is InChI=1S/C17H17N3O/c1-12-4-3-5-13(8-12)10-19-17(21)15-9-14-6-7-18-11-16(14)20(15)2/h3-9,11H,10H2,1-2H3,(H,19,21). The van der Waals surface area contributed by atoms with E-state index >= 15 is 0 Å². The first-order valence-electron chi connectivity index (χ1n) is 6.88. The topological polar surface area (TPSA) is 46.9 Å². The summed E-state index contributed by atoms with van der Waals surface area (Å²) in [7, 11) is 1.88. The summed E-state index contributed by atoms with van der Waals surface area (Å²) in [5, 5.41) is 3.99. The van der Waals surface area contributed by atoms with E-state index in [0.717, 1.165) is 16.5 Å². The van der Waals surface area contributed by atoms with E-state index in [1.807, 2.05) is 48.9 Å². The number of carbonyl (C=O) groups excluding carboxylic acids is 1. The van der Waals surface area contributed by atoms with Crippen LogP contribution in [0.1, 0.15) is 21.6 Å². The zero-order valence-electron chi connectivity index (χ0n) is 12.1. The quantitative estimate of drug-likeness (QED) is 0.801. The van der Waals surface area contributed by atoms with Gasteiger partial charge in [-0.2, -0.15) is 0 Å². The molecule has 4 heteroatoms. The van der Waals surface area contributed by atoms with Crippen LogP contribution in [0.25, 0.3) is 10.9 Å². The zero-order chi connectivity index (χ0) is 14.8. The molecule has 0 aliphatic heterocycles. The van der Waals surface area contributed by atoms with Crippen molar-refractivity contribution >= 4 is 16.8 Å². The minimum atomic E-state index is -0.0739. The second-order valence-electron chi connectivity index (χ2n) is 5.19. The fourth-order valence-corrected chi connectivity index (χ4v) is 2.49. The van der Waals surface area contributed by atoms with Gasteiger partial charge in [-0.05, 0) is 24.6 Å². The Bertz CT molecular complexity index is 805. The molecule has 0 atom stereocenters. The number of aryl methyl sites for hydroxylation is 2. The molecule has 0 unspecified atom stereocenters. The summed E-state index contributed by atoms with van der Waals surface area (Å²) >= 11 is 0. The van der Waals surface area contributed by atoms with Crippen molar-refractivity contribution in [3.8, 4) is 0 Å². The van der Waals surface area contributed by atoms with Crippen molar-refractivity contribution in [3.05, 3.63) is 65.6 Å². The number of fused-ring (bicyclic) bond motifs is 1. The van der Waals surface area contributed by atoms with Crippen molar-refractivity contribution in [1.29, 1.82) is 0 Å². The predicted molar refractivity (Wildman–Crippen MR) is 83.1 cm³/mol. The summed E-state index contributed by atoms with van der Waals surface area (Å²) < 4.78 is 1.87. The van der Waals surface area contributed by atoms with Gasteiger partial charge in [0.2, 0.25) is 0 Å². The lowest BCUT2D eigenvalue weighted by Gasteiger charge is -2.07. The summed E-state index contributed by atoms with van der Waals surface area (Å²) in [6.07, 6.45) is 3.50. The van der Waals surface area contributed by atoms with Crippen LogP contribution in [0.3, 0.4) is 0 Å². The number of pyridine rings is 1. The molecule has 1 aromatic carbocycles. The Morgan fingerprint density at radius 1 is 1.29 bits per heavy atom. The number of hydrogen-bond donors (Lipinski definition) is 1. The predicted octanol–water partition coefficient (Wildman–Crippen LogP) is 2.81. The smallest absolute Gasteiger partial charge is 0.268 e. The Labute approximate surface area is 123 Å². The Balaban J connectivity index is 1.79. The van der Waals surface area contributed by atoms with Gasteiger partial charge in [-0.25, -0.2) is 0 Å². The average Bonchev–Trinajstić information content (AvgIpc) is 2.83. The normalized spacial score (nSPS) is 10.8. The van der Waals surface area contributed by atoms with Crippen LogP contribution in [-0.4, -0.2) is 15.5 Å². The van der Waals surface area contributed by atoms with Crippen molar-refractivity contribution in [1.82, 2.24) is 14.9 Å². The molecule has 0 saturated carbocycles. The van der Waals surface area contributed by atoms with Crippen molar-refractivity contribution in [2.45, 2.75) is 13.5 Å². The number of nitrogens with one attached hydrogen (secondary N) is 1. The van der Waals surface area contributed by atoms with Crippen LogP contribution in [0.5, 0.6) is 0 Å². The van der Waals surface area contributed by atoms with E-state index in [9.17, 15) is 4.79 Å². The van der Waals surface area contributed by atoms with Gasteiger partial charge >= 0.3 is 0 Å². The molecule has 2 aromatic heterocycles. The molecule has 2 heterocycles. The van der Waals surface area contributed by atoms with Crippen LogP contribution >= 0.6 is 0 Å². The first kappa shape index (κ1) is 13.4. The van der Waals surface area contributed by atoms with Crippen LogP contribution in [0.4, 0.5) is 0 Å². The molecular formula is C17H17N3O. The molecule has 0 bridgehead atoms. The summed E-state index contributed by atoms with van der Waals surface area (Å²) in [6, 6.07) is 11.9. The SMILES string of the molecule is Cc1cccc(CNC(=O)c2cc3ccncc3n2C)c1. The minimum absolute atomic E-state index is 0.0739. The minimum Gasteiger partial charge on any atom is -0.347 e. The van der Waals surface area contributed by atoms with Gasteiger partial charge in [-0.3, -0.25) is 9.78 Å². The highest BCUT2D eigenvalue weighted by molar-refractivity contribution is 5.98. The van der Waals surface area contributed by atoms with E-state index in [4.69, 9.17) is 0 Å². The number of carbonyl (C=O) groups is 1. The first-order chi connectivity index (χ1) is 10.1. The van der Waals surface area contributed by atoms with Gasteiger partial charge in [-0.1, -0.05) is 29.8 Å². The lowest BCUT2D eigenvalue weighted by molar-refractivity contribution is 0.0943. The highest BCUT2D eigenvalue weighted by Crippen LogP contribution is 2.17. The maximum atomic E-state index is 12.3. The molecule has 0 fully saturated rings. The van der Waals surface area contributed by atoms with Crippen LogP contribution in [-0.2, 0) is 13.6 Å². The van der Waals surface area contributed by atoms with E-state index in [0.29, 0.717) is 12.2 Å². The van der Waals surface area contributed by atoms with E-state index < -0.39 is 0 Å². The zero-order valence-corrected chi connectivity index (χ0v) is 12.1. The van der Waals surface area contributed by atoms with Gasteiger partial charge in [0.1, 0.15) is 5.69 Å². The second-order valence-corrected chi connectivity index (χ2v) is 5.19. The first-order valence-corrected chi connectivity index (χ1v) is 6.88. The van der Waals surface area contributed by atoms with Gasteiger partial charge in [0.05, 0.1) is 11.7 Å². The number of benzene rings is 1. The molecule has 3 aromatic rings. The molecule has 0 radical (unpaired) electrons. The van der Waals surface area contributed by atoms with Gasteiger partial charge < -0.3 is 9.88 Å². The van der Waals surface area contributed by atoms with Gasteiger partial charge in [0.25, 0.3) is 5.91 Å².